The Morgan fingerprint density at radius 2 is 1.58 bits per heavy atom. The summed E-state index contributed by atoms with van der Waals surface area (Å²) in [7, 11) is 0. The number of carboxylic acid groups (broad SMARTS) is 1. The zero-order valence-corrected chi connectivity index (χ0v) is 22.2. The van der Waals surface area contributed by atoms with Crippen LogP contribution in [0.15, 0.2) is 11.6 Å². The van der Waals surface area contributed by atoms with Crippen LogP contribution in [0.4, 0.5) is 0 Å². The largest absolute Gasteiger partial charge is 0.550 e. The molecule has 5 aliphatic rings. The lowest BCUT2D eigenvalue weighted by Crippen LogP contribution is -2.65. The van der Waals surface area contributed by atoms with Gasteiger partial charge in [-0.15, -0.1) is 0 Å². The molecule has 1 N–H and O–H groups in total. The first kappa shape index (κ1) is 23.9. The van der Waals surface area contributed by atoms with Gasteiger partial charge in [0.2, 0.25) is 0 Å². The van der Waals surface area contributed by atoms with E-state index in [1.165, 1.54) is 18.4 Å². The average Bonchev–Trinajstić information content (AvgIpc) is 2.71. The highest BCUT2D eigenvalue weighted by Gasteiger charge is 2.68. The summed E-state index contributed by atoms with van der Waals surface area (Å²) in [5.41, 5.74) is 1.43. The van der Waals surface area contributed by atoms with Gasteiger partial charge in [-0.05, 0) is 109 Å². The predicted octanol–water partition coefficient (Wildman–Crippen LogP) is 5.90. The normalized spacial score (nSPS) is 52.4. The first-order valence-corrected chi connectivity index (χ1v) is 13.7. The Balaban J connectivity index is 1.60. The van der Waals surface area contributed by atoms with Gasteiger partial charge in [0.1, 0.15) is 0 Å². The van der Waals surface area contributed by atoms with Gasteiger partial charge in [0.15, 0.2) is 0 Å². The summed E-state index contributed by atoms with van der Waals surface area (Å²) in [4.78, 5) is 12.6. The maximum Gasteiger partial charge on any atom is 0.0594 e. The quantitative estimate of drug-likeness (QED) is 0.501. The lowest BCUT2D eigenvalue weighted by Gasteiger charge is -2.71. The summed E-state index contributed by atoms with van der Waals surface area (Å²) in [5.74, 6) is 0.469. The molecule has 33 heavy (non-hydrogen) atoms. The van der Waals surface area contributed by atoms with E-state index in [0.29, 0.717) is 11.8 Å². The van der Waals surface area contributed by atoms with Crippen LogP contribution in [0.5, 0.6) is 0 Å². The molecule has 0 aromatic heterocycles. The third-order valence-electron chi connectivity index (χ3n) is 13.0. The highest BCUT2D eigenvalue weighted by molar-refractivity contribution is 5.74. The van der Waals surface area contributed by atoms with Crippen molar-refractivity contribution in [3.05, 3.63) is 11.6 Å². The van der Waals surface area contributed by atoms with E-state index in [1.54, 1.807) is 0 Å². The SMILES string of the molecule is CC1(C)CC[C@]2(C(=O)[O-])CC[C@]3(C)C(=CC[C@H]4[C@@]5(C)CC[C@H](O)C(C)(C)[C@@H]5CC[C@]43C)[C@@H]2C1. The van der Waals surface area contributed by atoms with Gasteiger partial charge in [-0.2, -0.15) is 0 Å². The predicted molar refractivity (Wildman–Crippen MR) is 130 cm³/mol. The first-order valence-electron chi connectivity index (χ1n) is 13.7. The molecule has 3 heteroatoms. The van der Waals surface area contributed by atoms with E-state index in [4.69, 9.17) is 0 Å². The van der Waals surface area contributed by atoms with Crippen LogP contribution in [-0.2, 0) is 4.79 Å². The number of fused-ring (bicyclic) bond motifs is 7. The number of aliphatic hydroxyl groups excluding tert-OH is 1. The van der Waals surface area contributed by atoms with Crippen LogP contribution in [0, 0.1) is 50.2 Å². The van der Waals surface area contributed by atoms with Crippen LogP contribution in [0.25, 0.3) is 0 Å². The van der Waals surface area contributed by atoms with E-state index < -0.39 is 11.4 Å². The van der Waals surface area contributed by atoms with Gasteiger partial charge in [-0.1, -0.05) is 60.1 Å². The zero-order valence-electron chi connectivity index (χ0n) is 22.2. The fourth-order valence-corrected chi connectivity index (χ4v) is 10.6. The van der Waals surface area contributed by atoms with Crippen LogP contribution in [0.2, 0.25) is 0 Å². The van der Waals surface area contributed by atoms with Gasteiger partial charge in [0.25, 0.3) is 0 Å². The molecule has 0 spiro atoms. The molecule has 4 fully saturated rings. The average molecular weight is 456 g/mol. The molecule has 5 rings (SSSR count). The van der Waals surface area contributed by atoms with Gasteiger partial charge >= 0.3 is 0 Å². The van der Waals surface area contributed by atoms with Crippen molar-refractivity contribution >= 4 is 5.97 Å². The molecule has 5 aliphatic carbocycles. The Morgan fingerprint density at radius 1 is 0.909 bits per heavy atom. The second kappa shape index (κ2) is 6.89. The van der Waals surface area contributed by atoms with Gasteiger partial charge in [0.05, 0.1) is 6.10 Å². The van der Waals surface area contributed by atoms with Crippen LogP contribution in [0.3, 0.4) is 0 Å². The topological polar surface area (TPSA) is 60.4 Å². The lowest BCUT2D eigenvalue weighted by molar-refractivity contribution is -0.327. The maximum absolute atomic E-state index is 12.6. The van der Waals surface area contributed by atoms with Crippen molar-refractivity contribution in [3.8, 4) is 0 Å². The number of carbonyl (C=O) groups is 1. The number of aliphatic hydroxyl groups is 1. The van der Waals surface area contributed by atoms with Crippen molar-refractivity contribution in [1.82, 2.24) is 0 Å². The number of carboxylic acids is 1. The monoisotopic (exact) mass is 455 g/mol. The molecule has 0 amide bonds. The summed E-state index contributed by atoms with van der Waals surface area (Å²) in [6.45, 7) is 16.8. The molecule has 0 aromatic carbocycles. The Labute approximate surface area is 201 Å². The Hall–Kier alpha value is -0.830. The summed E-state index contributed by atoms with van der Waals surface area (Å²) in [5, 5.41) is 23.5. The number of rotatable bonds is 1. The third kappa shape index (κ3) is 2.87. The van der Waals surface area contributed by atoms with Crippen LogP contribution in [-0.4, -0.2) is 17.2 Å². The van der Waals surface area contributed by atoms with Gasteiger partial charge < -0.3 is 15.0 Å². The van der Waals surface area contributed by atoms with E-state index in [9.17, 15) is 15.0 Å². The summed E-state index contributed by atoms with van der Waals surface area (Å²) in [6, 6.07) is 0. The molecule has 0 aliphatic heterocycles. The molecule has 0 saturated heterocycles. The van der Waals surface area contributed by atoms with E-state index in [0.717, 1.165) is 51.4 Å². The smallest absolute Gasteiger partial charge is 0.0594 e. The molecule has 0 unspecified atom stereocenters. The summed E-state index contributed by atoms with van der Waals surface area (Å²) in [6.07, 6.45) is 12.3. The maximum atomic E-state index is 12.6. The van der Waals surface area contributed by atoms with Crippen LogP contribution < -0.4 is 5.11 Å². The Morgan fingerprint density at radius 3 is 2.24 bits per heavy atom. The third-order valence-corrected chi connectivity index (χ3v) is 13.0. The fourth-order valence-electron chi connectivity index (χ4n) is 10.6. The second-order valence-corrected chi connectivity index (χ2v) is 15.0. The van der Waals surface area contributed by atoms with Crippen molar-refractivity contribution in [2.24, 2.45) is 50.2 Å². The minimum atomic E-state index is -0.795. The molecule has 0 radical (unpaired) electrons. The summed E-state index contributed by atoms with van der Waals surface area (Å²) < 4.78 is 0. The van der Waals surface area contributed by atoms with Crippen molar-refractivity contribution in [2.75, 3.05) is 0 Å². The Bertz CT molecular complexity index is 885. The van der Waals surface area contributed by atoms with Crippen molar-refractivity contribution in [3.63, 3.8) is 0 Å². The molecular weight excluding hydrogens is 408 g/mol. The molecular formula is C30H47O3-. The Kier molecular flexibility index (Phi) is 4.99. The molecule has 3 nitrogen and oxygen atoms in total. The van der Waals surface area contributed by atoms with E-state index in [1.807, 2.05) is 0 Å². The van der Waals surface area contributed by atoms with Gasteiger partial charge in [0, 0.05) is 11.4 Å². The number of aliphatic carboxylic acids is 1. The molecule has 186 valence electrons. The molecule has 4 saturated carbocycles. The molecule has 0 aromatic rings. The number of carbonyl (C=O) groups excluding carboxylic acids is 1. The second-order valence-electron chi connectivity index (χ2n) is 15.0. The van der Waals surface area contributed by atoms with Crippen molar-refractivity contribution in [1.29, 1.82) is 0 Å². The van der Waals surface area contributed by atoms with Crippen molar-refractivity contribution in [2.45, 2.75) is 119 Å². The highest BCUT2D eigenvalue weighted by atomic mass is 16.4. The number of allylic oxidation sites excluding steroid dienone is 2. The van der Waals surface area contributed by atoms with Crippen LogP contribution in [0.1, 0.15) is 113 Å². The summed E-state index contributed by atoms with van der Waals surface area (Å²) >= 11 is 0. The van der Waals surface area contributed by atoms with Gasteiger partial charge in [-0.25, -0.2) is 0 Å². The minimum Gasteiger partial charge on any atom is -0.550 e. The highest BCUT2D eigenvalue weighted by Crippen LogP contribution is 2.75. The number of hydrogen-bond acceptors (Lipinski definition) is 3. The molecule has 0 heterocycles. The number of hydrogen-bond donors (Lipinski definition) is 1. The lowest BCUT2D eigenvalue weighted by atomic mass is 9.33. The van der Waals surface area contributed by atoms with Gasteiger partial charge in [-0.3, -0.25) is 0 Å². The minimum absolute atomic E-state index is 0.0384. The van der Waals surface area contributed by atoms with E-state index in [-0.39, 0.29) is 39.1 Å². The first-order chi connectivity index (χ1) is 15.1. The molecule has 0 bridgehead atoms. The van der Waals surface area contributed by atoms with E-state index >= 15 is 0 Å². The van der Waals surface area contributed by atoms with E-state index in [2.05, 4.69) is 54.5 Å². The standard InChI is InChI=1S/C30H48O3/c1-25(2)14-16-30(24(32)33)17-15-28(6)19(20(30)18-25)8-9-22-27(5)12-11-23(31)26(3,4)21(27)10-13-29(22,28)7/h8,20-23,31H,9-18H2,1-7H3,(H,32,33)/p-1/t20-,21-,22-,23-,27-,28+,29+,30-/m0/s1. The fraction of sp³-hybridized carbons (Fsp3) is 0.900. The molecule has 8 atom stereocenters. The zero-order chi connectivity index (χ0) is 24.2. The van der Waals surface area contributed by atoms with Crippen LogP contribution >= 0.6 is 0 Å². The van der Waals surface area contributed by atoms with Crippen molar-refractivity contribution < 1.29 is 15.0 Å².